The molecule has 0 spiro atoms. The summed E-state index contributed by atoms with van der Waals surface area (Å²) in [5.41, 5.74) is 0. The van der Waals surface area contributed by atoms with Gasteiger partial charge < -0.3 is 0 Å². The molecule has 0 rings (SSSR count). The number of hydrogen-bond acceptors (Lipinski definition) is 1. The van der Waals surface area contributed by atoms with Crippen molar-refractivity contribution in [1.82, 2.24) is 0 Å². The van der Waals surface area contributed by atoms with Gasteiger partial charge in [-0.1, -0.05) is 6.92 Å². The Morgan fingerprint density at radius 2 is 2.33 bits per heavy atom. The molecule has 0 radical (unpaired) electrons. The predicted octanol–water partition coefficient (Wildman–Crippen LogP) is 2.32. The van der Waals surface area contributed by atoms with Gasteiger partial charge in [0, 0.05) is 0 Å². The standard InChI is InChI=1S/C4H9ClS/c1-3-6-4(2)5/h4H,3H2,1-2H3. The summed E-state index contributed by atoms with van der Waals surface area (Å²) < 4.78 is 0.287. The van der Waals surface area contributed by atoms with E-state index in [1.165, 1.54) is 0 Å². The van der Waals surface area contributed by atoms with Gasteiger partial charge in [0.1, 0.15) is 0 Å². The maximum Gasteiger partial charge on any atom is 0.0760 e. The van der Waals surface area contributed by atoms with Crippen molar-refractivity contribution >= 4 is 23.4 Å². The number of rotatable bonds is 2. The summed E-state index contributed by atoms with van der Waals surface area (Å²) in [6, 6.07) is 0. The molecular weight excluding hydrogens is 116 g/mol. The molecule has 0 aliphatic rings. The Labute approximate surface area is 48.3 Å². The smallest absolute Gasteiger partial charge is 0.0760 e. The van der Waals surface area contributed by atoms with Crippen molar-refractivity contribution in [2.24, 2.45) is 0 Å². The molecule has 0 saturated carbocycles. The second-order valence-corrected chi connectivity index (χ2v) is 3.53. The summed E-state index contributed by atoms with van der Waals surface area (Å²) in [6.45, 7) is 4.08. The fraction of sp³-hybridized carbons (Fsp3) is 1.00. The van der Waals surface area contributed by atoms with Crippen LogP contribution in [0.2, 0.25) is 0 Å². The van der Waals surface area contributed by atoms with E-state index in [9.17, 15) is 0 Å². The second-order valence-electron chi connectivity index (χ2n) is 0.998. The highest BCUT2D eigenvalue weighted by Gasteiger charge is 1.88. The molecule has 0 aliphatic carbocycles. The Balaban J connectivity index is 2.63. The molecule has 0 fully saturated rings. The van der Waals surface area contributed by atoms with Crippen LogP contribution >= 0.6 is 23.4 Å². The van der Waals surface area contributed by atoms with Gasteiger partial charge in [0.05, 0.1) is 4.71 Å². The van der Waals surface area contributed by atoms with Crippen LogP contribution in [0, 0.1) is 0 Å². The van der Waals surface area contributed by atoms with Crippen molar-refractivity contribution in [3.05, 3.63) is 0 Å². The van der Waals surface area contributed by atoms with E-state index < -0.39 is 0 Å². The first kappa shape index (κ1) is 6.64. The normalized spacial score (nSPS) is 14.5. The molecule has 0 bridgehead atoms. The predicted molar refractivity (Wildman–Crippen MR) is 33.4 cm³/mol. The van der Waals surface area contributed by atoms with E-state index in [1.54, 1.807) is 11.8 Å². The van der Waals surface area contributed by atoms with E-state index in [1.807, 2.05) is 6.92 Å². The van der Waals surface area contributed by atoms with Gasteiger partial charge in [-0.15, -0.1) is 23.4 Å². The molecule has 0 N–H and O–H groups in total. The highest BCUT2D eigenvalue weighted by Crippen LogP contribution is 2.11. The third kappa shape index (κ3) is 4.64. The summed E-state index contributed by atoms with van der Waals surface area (Å²) in [5, 5.41) is 0. The van der Waals surface area contributed by atoms with Gasteiger partial charge in [-0.3, -0.25) is 0 Å². The zero-order valence-electron chi connectivity index (χ0n) is 4.07. The average molecular weight is 125 g/mol. The molecule has 0 aromatic carbocycles. The third-order valence-corrected chi connectivity index (χ3v) is 1.57. The first-order valence-corrected chi connectivity index (χ1v) is 3.51. The molecule has 0 amide bonds. The second kappa shape index (κ2) is 3.82. The van der Waals surface area contributed by atoms with Crippen LogP contribution in [0.5, 0.6) is 0 Å². The van der Waals surface area contributed by atoms with Crippen LogP contribution in [0.15, 0.2) is 0 Å². The Bertz CT molecular complexity index is 28.7. The van der Waals surface area contributed by atoms with Crippen LogP contribution in [0.25, 0.3) is 0 Å². The summed E-state index contributed by atoms with van der Waals surface area (Å²) >= 11 is 7.29. The molecular formula is C4H9ClS. The quantitative estimate of drug-likeness (QED) is 0.510. The fourth-order valence-corrected chi connectivity index (χ4v) is 1.07. The summed E-state index contributed by atoms with van der Waals surface area (Å²) in [4.78, 5) is 0. The summed E-state index contributed by atoms with van der Waals surface area (Å²) in [7, 11) is 0. The van der Waals surface area contributed by atoms with Crippen LogP contribution in [-0.4, -0.2) is 10.5 Å². The first-order chi connectivity index (χ1) is 2.77. The fourth-order valence-electron chi connectivity index (χ4n) is 0.230. The van der Waals surface area contributed by atoms with Crippen molar-refractivity contribution in [1.29, 1.82) is 0 Å². The first-order valence-electron chi connectivity index (χ1n) is 2.03. The Kier molecular flexibility index (Phi) is 4.22. The van der Waals surface area contributed by atoms with Gasteiger partial charge in [-0.2, -0.15) is 0 Å². The summed E-state index contributed by atoms with van der Waals surface area (Å²) in [6.07, 6.45) is 0. The van der Waals surface area contributed by atoms with E-state index in [0.717, 1.165) is 5.75 Å². The van der Waals surface area contributed by atoms with Gasteiger partial charge in [0.2, 0.25) is 0 Å². The molecule has 0 aliphatic heterocycles. The van der Waals surface area contributed by atoms with Gasteiger partial charge in [-0.25, -0.2) is 0 Å². The number of thioether (sulfide) groups is 1. The Hall–Kier alpha value is 0.640. The van der Waals surface area contributed by atoms with E-state index in [0.29, 0.717) is 0 Å². The van der Waals surface area contributed by atoms with Crippen molar-refractivity contribution < 1.29 is 0 Å². The van der Waals surface area contributed by atoms with Gasteiger partial charge >= 0.3 is 0 Å². The van der Waals surface area contributed by atoms with E-state index >= 15 is 0 Å². The Morgan fingerprint density at radius 3 is 2.33 bits per heavy atom. The molecule has 0 aromatic heterocycles. The third-order valence-electron chi connectivity index (χ3n) is 0.396. The van der Waals surface area contributed by atoms with E-state index in [-0.39, 0.29) is 4.71 Å². The highest BCUT2D eigenvalue weighted by atomic mass is 35.5. The maximum absolute atomic E-state index is 5.54. The molecule has 1 unspecified atom stereocenters. The molecule has 0 heterocycles. The molecule has 1 atom stereocenters. The van der Waals surface area contributed by atoms with Gasteiger partial charge in [-0.05, 0) is 12.7 Å². The minimum Gasteiger partial charge on any atom is -0.143 e. The number of alkyl halides is 1. The van der Waals surface area contributed by atoms with Crippen LogP contribution in [0.4, 0.5) is 0 Å². The highest BCUT2D eigenvalue weighted by molar-refractivity contribution is 8.00. The van der Waals surface area contributed by atoms with Crippen LogP contribution in [-0.2, 0) is 0 Å². The zero-order valence-corrected chi connectivity index (χ0v) is 5.64. The van der Waals surface area contributed by atoms with Crippen LogP contribution in [0.1, 0.15) is 13.8 Å². The zero-order chi connectivity index (χ0) is 4.99. The number of hydrogen-bond donors (Lipinski definition) is 0. The number of halogens is 1. The van der Waals surface area contributed by atoms with E-state index in [4.69, 9.17) is 11.6 Å². The molecule has 38 valence electrons. The minimum absolute atomic E-state index is 0.287. The van der Waals surface area contributed by atoms with Crippen molar-refractivity contribution in [2.45, 2.75) is 18.6 Å². The Morgan fingerprint density at radius 1 is 1.83 bits per heavy atom. The lowest BCUT2D eigenvalue weighted by Crippen LogP contribution is -1.79. The molecule has 0 saturated heterocycles. The average Bonchev–Trinajstić information content (AvgIpc) is 1.35. The van der Waals surface area contributed by atoms with Crippen LogP contribution in [0.3, 0.4) is 0 Å². The summed E-state index contributed by atoms with van der Waals surface area (Å²) in [5.74, 6) is 1.12. The lowest BCUT2D eigenvalue weighted by molar-refractivity contribution is 1.38. The van der Waals surface area contributed by atoms with Crippen molar-refractivity contribution in [3.8, 4) is 0 Å². The minimum atomic E-state index is 0.287. The van der Waals surface area contributed by atoms with Gasteiger partial charge in [0.25, 0.3) is 0 Å². The van der Waals surface area contributed by atoms with E-state index in [2.05, 4.69) is 6.92 Å². The topological polar surface area (TPSA) is 0 Å². The van der Waals surface area contributed by atoms with Crippen molar-refractivity contribution in [3.63, 3.8) is 0 Å². The molecule has 2 heteroatoms. The lowest BCUT2D eigenvalue weighted by atomic mass is 10.9. The molecule has 6 heavy (non-hydrogen) atoms. The molecule has 0 aromatic rings. The van der Waals surface area contributed by atoms with Gasteiger partial charge in [0.15, 0.2) is 0 Å². The molecule has 0 nitrogen and oxygen atoms in total. The van der Waals surface area contributed by atoms with Crippen molar-refractivity contribution in [2.75, 3.05) is 5.75 Å². The lowest BCUT2D eigenvalue weighted by Gasteiger charge is -1.93. The maximum atomic E-state index is 5.54. The van der Waals surface area contributed by atoms with Crippen LogP contribution < -0.4 is 0 Å². The largest absolute Gasteiger partial charge is 0.143 e. The monoisotopic (exact) mass is 124 g/mol. The SMILES string of the molecule is CCSC(C)Cl.